The minimum atomic E-state index is -1.08. The van der Waals surface area contributed by atoms with E-state index in [1.165, 1.54) is 0 Å². The Labute approximate surface area is 70.0 Å². The van der Waals surface area contributed by atoms with Gasteiger partial charge in [-0.2, -0.15) is 9.90 Å². The molecule has 1 atom stereocenters. The molecular weight excluding hydrogens is 195 g/mol. The Kier molecular flexibility index (Phi) is 3.84. The van der Waals surface area contributed by atoms with Gasteiger partial charge in [0.25, 0.3) is 0 Å². The SMILES string of the molecule is Fc1cc(F)c(Cl)c(F)c1.P. The van der Waals surface area contributed by atoms with Crippen molar-refractivity contribution in [3.63, 3.8) is 0 Å². The first-order chi connectivity index (χ1) is 4.61. The standard InChI is InChI=1S/C6H2ClF3.H3P/c7-6-4(9)1-3(8)2-5(6)10;/h1-2H;1H3. The van der Waals surface area contributed by atoms with Crippen LogP contribution in [0.5, 0.6) is 0 Å². The van der Waals surface area contributed by atoms with E-state index in [1.807, 2.05) is 0 Å². The van der Waals surface area contributed by atoms with Crippen molar-refractivity contribution in [3.8, 4) is 0 Å². The summed E-state index contributed by atoms with van der Waals surface area (Å²) < 4.78 is 36.5. The second-order valence-electron chi connectivity index (χ2n) is 1.68. The second-order valence-corrected chi connectivity index (χ2v) is 2.06. The molecule has 5 heteroatoms. The second kappa shape index (κ2) is 3.93. The molecule has 0 heterocycles. The third-order valence-corrected chi connectivity index (χ3v) is 1.31. The highest BCUT2D eigenvalue weighted by molar-refractivity contribution is 6.92. The summed E-state index contributed by atoms with van der Waals surface area (Å²) in [5.74, 6) is -3.14. The monoisotopic (exact) mass is 200 g/mol. The highest BCUT2D eigenvalue weighted by Gasteiger charge is 2.07. The molecular formula is C6H5ClF3P. The van der Waals surface area contributed by atoms with Gasteiger partial charge in [0, 0.05) is 12.1 Å². The molecule has 11 heavy (non-hydrogen) atoms. The molecule has 1 unspecified atom stereocenters. The van der Waals surface area contributed by atoms with Crippen molar-refractivity contribution in [1.29, 1.82) is 0 Å². The van der Waals surface area contributed by atoms with Crippen molar-refractivity contribution in [2.75, 3.05) is 0 Å². The van der Waals surface area contributed by atoms with Gasteiger partial charge >= 0.3 is 0 Å². The molecule has 0 aliphatic carbocycles. The van der Waals surface area contributed by atoms with Crippen molar-refractivity contribution >= 4 is 21.5 Å². The molecule has 1 aromatic rings. The quantitative estimate of drug-likeness (QED) is 0.343. The van der Waals surface area contributed by atoms with E-state index in [-0.39, 0.29) is 9.90 Å². The fourth-order valence-electron chi connectivity index (χ4n) is 0.525. The Morgan fingerprint density at radius 1 is 1.00 bits per heavy atom. The van der Waals surface area contributed by atoms with Crippen molar-refractivity contribution in [3.05, 3.63) is 34.6 Å². The van der Waals surface area contributed by atoms with Crippen LogP contribution in [0, 0.1) is 17.5 Å². The smallest absolute Gasteiger partial charge is 0.147 e. The summed E-state index contributed by atoms with van der Waals surface area (Å²) in [6.45, 7) is 0. The fraction of sp³-hybridized carbons (Fsp3) is 0. The van der Waals surface area contributed by atoms with Crippen molar-refractivity contribution in [2.24, 2.45) is 0 Å². The highest BCUT2D eigenvalue weighted by atomic mass is 35.5. The van der Waals surface area contributed by atoms with Crippen LogP contribution in [0.1, 0.15) is 0 Å². The molecule has 0 spiro atoms. The third kappa shape index (κ3) is 2.35. The summed E-state index contributed by atoms with van der Waals surface area (Å²) in [7, 11) is 0. The van der Waals surface area contributed by atoms with Crippen LogP contribution >= 0.6 is 21.5 Å². The summed E-state index contributed by atoms with van der Waals surface area (Å²) in [6.07, 6.45) is 0. The van der Waals surface area contributed by atoms with E-state index < -0.39 is 22.5 Å². The van der Waals surface area contributed by atoms with E-state index in [2.05, 4.69) is 0 Å². The van der Waals surface area contributed by atoms with Gasteiger partial charge in [-0.1, -0.05) is 11.6 Å². The molecule has 0 saturated heterocycles. The number of rotatable bonds is 0. The normalized spacial score (nSPS) is 9.09. The Bertz CT molecular complexity index is 241. The van der Waals surface area contributed by atoms with Crippen LogP contribution in [0.3, 0.4) is 0 Å². The lowest BCUT2D eigenvalue weighted by Crippen LogP contribution is -1.85. The maximum atomic E-state index is 12.2. The Hall–Kier alpha value is -0.270. The van der Waals surface area contributed by atoms with Gasteiger partial charge in [0.15, 0.2) is 0 Å². The van der Waals surface area contributed by atoms with Gasteiger partial charge in [0.2, 0.25) is 0 Å². The molecule has 1 aromatic carbocycles. The molecule has 0 aliphatic heterocycles. The fourth-order valence-corrected chi connectivity index (χ4v) is 0.634. The maximum absolute atomic E-state index is 12.2. The summed E-state index contributed by atoms with van der Waals surface area (Å²) in [5.41, 5.74) is 0. The van der Waals surface area contributed by atoms with Gasteiger partial charge in [0.05, 0.1) is 0 Å². The van der Waals surface area contributed by atoms with Crippen LogP contribution in [0.2, 0.25) is 5.02 Å². The number of hydrogen-bond acceptors (Lipinski definition) is 0. The predicted molar refractivity (Wildman–Crippen MR) is 42.4 cm³/mol. The zero-order valence-corrected chi connectivity index (χ0v) is 7.54. The minimum Gasteiger partial charge on any atom is -0.207 e. The largest absolute Gasteiger partial charge is 0.207 e. The van der Waals surface area contributed by atoms with E-state index >= 15 is 0 Å². The molecule has 0 amide bonds. The van der Waals surface area contributed by atoms with Gasteiger partial charge < -0.3 is 0 Å². The van der Waals surface area contributed by atoms with E-state index in [1.54, 1.807) is 0 Å². The molecule has 0 bridgehead atoms. The van der Waals surface area contributed by atoms with Crippen LogP contribution in [-0.4, -0.2) is 0 Å². The zero-order valence-electron chi connectivity index (χ0n) is 5.37. The van der Waals surface area contributed by atoms with Crippen molar-refractivity contribution < 1.29 is 13.2 Å². The van der Waals surface area contributed by atoms with E-state index in [4.69, 9.17) is 11.6 Å². The molecule has 62 valence electrons. The number of hydrogen-bond donors (Lipinski definition) is 0. The third-order valence-electron chi connectivity index (χ3n) is 0.949. The van der Waals surface area contributed by atoms with E-state index in [0.717, 1.165) is 0 Å². The van der Waals surface area contributed by atoms with Gasteiger partial charge in [-0.05, 0) is 0 Å². The lowest BCUT2D eigenvalue weighted by molar-refractivity contribution is 0.544. The van der Waals surface area contributed by atoms with Crippen LogP contribution in [0.4, 0.5) is 13.2 Å². The van der Waals surface area contributed by atoms with E-state index in [9.17, 15) is 13.2 Å². The summed E-state index contributed by atoms with van der Waals surface area (Å²) in [5, 5.41) is -0.679. The van der Waals surface area contributed by atoms with Gasteiger partial charge in [-0.15, -0.1) is 0 Å². The first kappa shape index (κ1) is 10.7. The van der Waals surface area contributed by atoms with Crippen LogP contribution in [0.25, 0.3) is 0 Å². The first-order valence-electron chi connectivity index (χ1n) is 2.41. The maximum Gasteiger partial charge on any atom is 0.147 e. The molecule has 0 nitrogen and oxygen atoms in total. The first-order valence-corrected chi connectivity index (χ1v) is 2.79. The highest BCUT2D eigenvalue weighted by Crippen LogP contribution is 2.19. The molecule has 1 rings (SSSR count). The molecule has 0 aliphatic rings. The van der Waals surface area contributed by atoms with Crippen LogP contribution in [-0.2, 0) is 0 Å². The van der Waals surface area contributed by atoms with Crippen LogP contribution < -0.4 is 0 Å². The molecule has 0 aromatic heterocycles. The zero-order chi connectivity index (χ0) is 7.72. The Balaban J connectivity index is 0.000001000. The minimum absolute atomic E-state index is 0. The van der Waals surface area contributed by atoms with Gasteiger partial charge in [0.1, 0.15) is 22.5 Å². The molecule has 0 fully saturated rings. The Morgan fingerprint density at radius 2 is 1.36 bits per heavy atom. The van der Waals surface area contributed by atoms with Crippen LogP contribution in [0.15, 0.2) is 12.1 Å². The average Bonchev–Trinajstić information content (AvgIpc) is 1.82. The summed E-state index contributed by atoms with van der Waals surface area (Å²) in [4.78, 5) is 0. The topological polar surface area (TPSA) is 0 Å². The summed E-state index contributed by atoms with van der Waals surface area (Å²) >= 11 is 5.03. The van der Waals surface area contributed by atoms with Gasteiger partial charge in [-0.25, -0.2) is 13.2 Å². The number of benzene rings is 1. The lowest BCUT2D eigenvalue weighted by Gasteiger charge is -1.94. The number of halogens is 4. The van der Waals surface area contributed by atoms with Crippen molar-refractivity contribution in [1.82, 2.24) is 0 Å². The summed E-state index contributed by atoms with van der Waals surface area (Å²) in [6, 6.07) is 1.04. The lowest BCUT2D eigenvalue weighted by atomic mass is 10.3. The Morgan fingerprint density at radius 3 is 1.73 bits per heavy atom. The van der Waals surface area contributed by atoms with E-state index in [0.29, 0.717) is 12.1 Å². The van der Waals surface area contributed by atoms with Crippen molar-refractivity contribution in [2.45, 2.75) is 0 Å². The molecule has 0 N–H and O–H groups in total. The molecule has 0 saturated carbocycles. The average molecular weight is 201 g/mol. The van der Waals surface area contributed by atoms with Gasteiger partial charge in [-0.3, -0.25) is 0 Å². The molecule has 0 radical (unpaired) electrons. The predicted octanol–water partition coefficient (Wildman–Crippen LogP) is 2.82.